The molecule has 2 saturated heterocycles. The lowest BCUT2D eigenvalue weighted by Gasteiger charge is -2.38. The maximum Gasteiger partial charge on any atom is 0.244 e. The van der Waals surface area contributed by atoms with Crippen molar-refractivity contribution in [2.24, 2.45) is 7.05 Å². The number of aromatic nitrogens is 2. The number of piperazine rings is 1. The SMILES string of the molecule is COc1ccccc1N1CCC(N2CCNCC2c2nccn2C)C1=O.Cl. The molecule has 0 bridgehead atoms. The lowest BCUT2D eigenvalue weighted by atomic mass is 10.1. The molecule has 4 rings (SSSR count). The second kappa shape index (κ2) is 8.29. The molecule has 8 heteroatoms. The van der Waals surface area contributed by atoms with Crippen molar-refractivity contribution in [1.29, 1.82) is 0 Å². The topological polar surface area (TPSA) is 62.6 Å². The monoisotopic (exact) mass is 391 g/mol. The molecule has 1 aromatic heterocycles. The first-order valence-corrected chi connectivity index (χ1v) is 9.09. The molecule has 1 N–H and O–H groups in total. The van der Waals surface area contributed by atoms with Crippen LogP contribution in [0.25, 0.3) is 0 Å². The Morgan fingerprint density at radius 2 is 2.04 bits per heavy atom. The number of benzene rings is 1. The summed E-state index contributed by atoms with van der Waals surface area (Å²) in [4.78, 5) is 22.0. The van der Waals surface area contributed by atoms with Crippen molar-refractivity contribution in [2.45, 2.75) is 18.5 Å². The first kappa shape index (κ1) is 19.7. The van der Waals surface area contributed by atoms with Gasteiger partial charge in [0.1, 0.15) is 11.6 Å². The van der Waals surface area contributed by atoms with Crippen LogP contribution < -0.4 is 15.0 Å². The molecule has 2 fully saturated rings. The minimum atomic E-state index is -0.122. The normalized spacial score (nSPS) is 23.3. The third-order valence-corrected chi connectivity index (χ3v) is 5.39. The molecule has 146 valence electrons. The predicted octanol–water partition coefficient (Wildman–Crippen LogP) is 1.60. The van der Waals surface area contributed by atoms with Crippen molar-refractivity contribution in [3.8, 4) is 5.75 Å². The molecular formula is C19H26ClN5O2. The van der Waals surface area contributed by atoms with Crippen LogP contribution in [0.2, 0.25) is 0 Å². The molecule has 0 aliphatic carbocycles. The number of methoxy groups -OCH3 is 1. The number of para-hydroxylation sites is 2. The summed E-state index contributed by atoms with van der Waals surface area (Å²) < 4.78 is 7.50. The third kappa shape index (κ3) is 3.54. The highest BCUT2D eigenvalue weighted by atomic mass is 35.5. The van der Waals surface area contributed by atoms with Crippen LogP contribution in [0.4, 0.5) is 5.69 Å². The number of nitrogens with one attached hydrogen (secondary N) is 1. The molecule has 7 nitrogen and oxygen atoms in total. The zero-order chi connectivity index (χ0) is 18.1. The van der Waals surface area contributed by atoms with Crippen LogP contribution in [0.5, 0.6) is 5.75 Å². The summed E-state index contributed by atoms with van der Waals surface area (Å²) in [5, 5.41) is 3.44. The van der Waals surface area contributed by atoms with E-state index >= 15 is 0 Å². The van der Waals surface area contributed by atoms with E-state index in [4.69, 9.17) is 4.74 Å². The molecule has 0 spiro atoms. The molecular weight excluding hydrogens is 366 g/mol. The molecule has 1 aromatic carbocycles. The summed E-state index contributed by atoms with van der Waals surface area (Å²) in [6, 6.07) is 7.71. The van der Waals surface area contributed by atoms with E-state index in [2.05, 4.69) is 15.2 Å². The van der Waals surface area contributed by atoms with Gasteiger partial charge in [-0.15, -0.1) is 12.4 Å². The Balaban J connectivity index is 0.00000210. The predicted molar refractivity (Wildman–Crippen MR) is 107 cm³/mol. The largest absolute Gasteiger partial charge is 0.495 e. The Bertz CT molecular complexity index is 796. The van der Waals surface area contributed by atoms with Crippen molar-refractivity contribution >= 4 is 24.0 Å². The molecule has 3 heterocycles. The Kier molecular flexibility index (Phi) is 6.04. The average molecular weight is 392 g/mol. The Labute approximate surface area is 165 Å². The summed E-state index contributed by atoms with van der Waals surface area (Å²) in [5.74, 6) is 1.89. The number of aryl methyl sites for hydroxylation is 1. The van der Waals surface area contributed by atoms with Gasteiger partial charge in [-0.3, -0.25) is 9.69 Å². The Morgan fingerprint density at radius 1 is 1.22 bits per heavy atom. The lowest BCUT2D eigenvalue weighted by Crippen LogP contribution is -2.53. The molecule has 2 atom stereocenters. The van der Waals surface area contributed by atoms with Crippen molar-refractivity contribution in [3.05, 3.63) is 42.5 Å². The standard InChI is InChI=1S/C19H25N5O2.ClH/c1-22-11-9-21-18(22)16-13-20-8-12-23(16)15-7-10-24(19(15)25)14-5-3-4-6-17(14)26-2;/h3-6,9,11,15-16,20H,7-8,10,12-13H2,1-2H3;1H. The number of amides is 1. The molecule has 2 aliphatic rings. The highest BCUT2D eigenvalue weighted by Gasteiger charge is 2.42. The van der Waals surface area contributed by atoms with Crippen LogP contribution >= 0.6 is 12.4 Å². The fourth-order valence-corrected chi connectivity index (χ4v) is 4.10. The molecule has 2 aromatic rings. The zero-order valence-corrected chi connectivity index (χ0v) is 16.5. The van der Waals surface area contributed by atoms with E-state index in [1.54, 1.807) is 7.11 Å². The Morgan fingerprint density at radius 3 is 2.78 bits per heavy atom. The third-order valence-electron chi connectivity index (χ3n) is 5.39. The molecule has 0 radical (unpaired) electrons. The van der Waals surface area contributed by atoms with Crippen molar-refractivity contribution in [1.82, 2.24) is 19.8 Å². The number of carbonyl (C=O) groups is 1. The molecule has 27 heavy (non-hydrogen) atoms. The van der Waals surface area contributed by atoms with Crippen LogP contribution in [0, 0.1) is 0 Å². The van der Waals surface area contributed by atoms with Gasteiger partial charge in [0.25, 0.3) is 0 Å². The first-order valence-electron chi connectivity index (χ1n) is 9.09. The second-order valence-corrected chi connectivity index (χ2v) is 6.82. The summed E-state index contributed by atoms with van der Waals surface area (Å²) in [7, 11) is 3.65. The van der Waals surface area contributed by atoms with E-state index in [1.807, 2.05) is 53.2 Å². The van der Waals surface area contributed by atoms with E-state index in [9.17, 15) is 4.79 Å². The highest BCUT2D eigenvalue weighted by molar-refractivity contribution is 6.00. The average Bonchev–Trinajstić information content (AvgIpc) is 3.27. The fourth-order valence-electron chi connectivity index (χ4n) is 4.10. The van der Waals surface area contributed by atoms with Gasteiger partial charge in [-0.2, -0.15) is 0 Å². The minimum Gasteiger partial charge on any atom is -0.495 e. The van der Waals surface area contributed by atoms with Crippen LogP contribution in [-0.2, 0) is 11.8 Å². The second-order valence-electron chi connectivity index (χ2n) is 6.82. The van der Waals surface area contributed by atoms with Gasteiger partial charge in [0, 0.05) is 45.6 Å². The van der Waals surface area contributed by atoms with E-state index < -0.39 is 0 Å². The number of rotatable bonds is 4. The Hall–Kier alpha value is -2.09. The fraction of sp³-hybridized carbons (Fsp3) is 0.474. The van der Waals surface area contributed by atoms with E-state index in [0.717, 1.165) is 43.3 Å². The van der Waals surface area contributed by atoms with E-state index in [-0.39, 0.29) is 30.4 Å². The number of imidazole rings is 1. The van der Waals surface area contributed by atoms with Crippen molar-refractivity contribution in [3.63, 3.8) is 0 Å². The molecule has 2 unspecified atom stereocenters. The maximum atomic E-state index is 13.3. The van der Waals surface area contributed by atoms with E-state index in [1.165, 1.54) is 0 Å². The summed E-state index contributed by atoms with van der Waals surface area (Å²) >= 11 is 0. The van der Waals surface area contributed by atoms with Crippen LogP contribution in [-0.4, -0.2) is 59.7 Å². The van der Waals surface area contributed by atoms with Crippen LogP contribution in [0.1, 0.15) is 18.3 Å². The number of halogens is 1. The first-order chi connectivity index (χ1) is 12.7. The number of nitrogens with zero attached hydrogens (tertiary/aromatic N) is 4. The van der Waals surface area contributed by atoms with Crippen LogP contribution in [0.3, 0.4) is 0 Å². The van der Waals surface area contributed by atoms with Gasteiger partial charge in [0.15, 0.2) is 0 Å². The van der Waals surface area contributed by atoms with Gasteiger partial charge in [0.05, 0.1) is 24.9 Å². The van der Waals surface area contributed by atoms with Gasteiger partial charge < -0.3 is 19.5 Å². The number of hydrogen-bond acceptors (Lipinski definition) is 5. The summed E-state index contributed by atoms with van der Waals surface area (Å²) in [5.41, 5.74) is 0.853. The molecule has 1 amide bonds. The number of ether oxygens (including phenoxy) is 1. The van der Waals surface area contributed by atoms with Crippen LogP contribution in [0.15, 0.2) is 36.7 Å². The summed E-state index contributed by atoms with van der Waals surface area (Å²) in [6.07, 6.45) is 4.59. The van der Waals surface area contributed by atoms with Crippen molar-refractivity contribution < 1.29 is 9.53 Å². The highest BCUT2D eigenvalue weighted by Crippen LogP contribution is 2.34. The van der Waals surface area contributed by atoms with Crippen molar-refractivity contribution in [2.75, 3.05) is 38.2 Å². The van der Waals surface area contributed by atoms with Gasteiger partial charge >= 0.3 is 0 Å². The lowest BCUT2D eigenvalue weighted by molar-refractivity contribution is -0.123. The molecule has 0 saturated carbocycles. The zero-order valence-electron chi connectivity index (χ0n) is 15.7. The van der Waals surface area contributed by atoms with E-state index in [0.29, 0.717) is 6.54 Å². The number of carbonyl (C=O) groups excluding carboxylic acids is 1. The smallest absolute Gasteiger partial charge is 0.244 e. The number of hydrogen-bond donors (Lipinski definition) is 1. The van der Waals surface area contributed by atoms with Gasteiger partial charge in [0.2, 0.25) is 5.91 Å². The van der Waals surface area contributed by atoms with Gasteiger partial charge in [-0.25, -0.2) is 4.98 Å². The quantitative estimate of drug-likeness (QED) is 0.857. The van der Waals surface area contributed by atoms with Gasteiger partial charge in [-0.1, -0.05) is 12.1 Å². The van der Waals surface area contributed by atoms with Gasteiger partial charge in [-0.05, 0) is 18.6 Å². The minimum absolute atomic E-state index is 0. The maximum absolute atomic E-state index is 13.3. The molecule has 2 aliphatic heterocycles. The summed E-state index contributed by atoms with van der Waals surface area (Å²) in [6.45, 7) is 3.25. The number of anilines is 1.